The third-order valence-electron chi connectivity index (χ3n) is 6.06. The molecule has 1 amide bonds. The standard InChI is InChI=1S/C25H21N5O4S/c1-25(2)10-15-16(12-33-25)19(14-6-4-3-5-7-14)29-22-18(15)20-21(34-22)23(32)30(13-27-20)11-17(31)28-24-26-8-9-35-24/h3-9,13H,10-12H2,1-2H3,(H,26,28,31). The van der Waals surface area contributed by atoms with Gasteiger partial charge in [-0.05, 0) is 19.4 Å². The average Bonchev–Trinajstić information content (AvgIpc) is 3.48. The number of anilines is 1. The maximum absolute atomic E-state index is 13.3. The van der Waals surface area contributed by atoms with E-state index in [1.165, 1.54) is 22.2 Å². The number of aromatic nitrogens is 4. The van der Waals surface area contributed by atoms with Crippen molar-refractivity contribution in [3.8, 4) is 11.3 Å². The van der Waals surface area contributed by atoms with Gasteiger partial charge in [0, 0.05) is 29.1 Å². The number of nitrogens with zero attached hydrogens (tertiary/aromatic N) is 4. The monoisotopic (exact) mass is 487 g/mol. The Labute approximate surface area is 203 Å². The highest BCUT2D eigenvalue weighted by atomic mass is 32.1. The lowest BCUT2D eigenvalue weighted by molar-refractivity contribution is -0.116. The van der Waals surface area contributed by atoms with Gasteiger partial charge in [0.05, 0.1) is 29.6 Å². The van der Waals surface area contributed by atoms with Crippen molar-refractivity contribution in [2.45, 2.75) is 39.0 Å². The van der Waals surface area contributed by atoms with E-state index in [1.54, 1.807) is 11.6 Å². The van der Waals surface area contributed by atoms with Crippen molar-refractivity contribution in [2.75, 3.05) is 5.32 Å². The molecule has 0 bridgehead atoms. The molecule has 4 aromatic heterocycles. The lowest BCUT2D eigenvalue weighted by Crippen LogP contribution is -2.32. The van der Waals surface area contributed by atoms with Gasteiger partial charge in [-0.1, -0.05) is 30.3 Å². The Kier molecular flexibility index (Phi) is 5.01. The fraction of sp³-hybridized carbons (Fsp3) is 0.240. The van der Waals surface area contributed by atoms with Crippen LogP contribution in [0.25, 0.3) is 33.5 Å². The zero-order valence-corrected chi connectivity index (χ0v) is 19.9. The highest BCUT2D eigenvalue weighted by Gasteiger charge is 2.32. The third kappa shape index (κ3) is 3.80. The van der Waals surface area contributed by atoms with Gasteiger partial charge in [0.25, 0.3) is 5.56 Å². The fourth-order valence-corrected chi connectivity index (χ4v) is 4.99. The molecule has 10 heteroatoms. The molecule has 0 radical (unpaired) electrons. The maximum atomic E-state index is 13.3. The van der Waals surface area contributed by atoms with E-state index in [2.05, 4.69) is 15.3 Å². The largest absolute Gasteiger partial charge is 0.430 e. The molecular weight excluding hydrogens is 466 g/mol. The summed E-state index contributed by atoms with van der Waals surface area (Å²) in [6.07, 6.45) is 3.60. The molecule has 35 heavy (non-hydrogen) atoms. The van der Waals surface area contributed by atoms with Crippen LogP contribution in [0.4, 0.5) is 5.13 Å². The minimum absolute atomic E-state index is 0.0776. The van der Waals surface area contributed by atoms with Crippen molar-refractivity contribution in [3.05, 3.63) is 69.7 Å². The summed E-state index contributed by atoms with van der Waals surface area (Å²) in [6.45, 7) is 4.26. The first-order valence-corrected chi connectivity index (χ1v) is 12.0. The number of carbonyl (C=O) groups is 1. The van der Waals surface area contributed by atoms with Crippen LogP contribution in [-0.2, 0) is 29.1 Å². The Bertz CT molecular complexity index is 1640. The molecule has 0 saturated heterocycles. The first-order chi connectivity index (χ1) is 16.9. The second-order valence-corrected chi connectivity index (χ2v) is 9.93. The molecule has 6 rings (SSSR count). The number of rotatable bonds is 4. The molecule has 1 aliphatic rings. The first kappa shape index (κ1) is 21.6. The van der Waals surface area contributed by atoms with Gasteiger partial charge >= 0.3 is 0 Å². The Morgan fingerprint density at radius 3 is 2.80 bits per heavy atom. The van der Waals surface area contributed by atoms with Crippen molar-refractivity contribution in [2.24, 2.45) is 0 Å². The number of fused-ring (bicyclic) bond motifs is 5. The summed E-state index contributed by atoms with van der Waals surface area (Å²) in [6, 6.07) is 9.84. The number of hydrogen-bond acceptors (Lipinski definition) is 8. The summed E-state index contributed by atoms with van der Waals surface area (Å²) < 4.78 is 13.4. The van der Waals surface area contributed by atoms with Crippen LogP contribution in [0.3, 0.4) is 0 Å². The average molecular weight is 488 g/mol. The smallest absolute Gasteiger partial charge is 0.297 e. The fourth-order valence-electron chi connectivity index (χ4n) is 4.44. The molecule has 176 valence electrons. The van der Waals surface area contributed by atoms with Crippen molar-refractivity contribution in [1.82, 2.24) is 19.5 Å². The second kappa shape index (κ2) is 8.10. The summed E-state index contributed by atoms with van der Waals surface area (Å²) in [7, 11) is 0. The van der Waals surface area contributed by atoms with Crippen molar-refractivity contribution >= 4 is 44.6 Å². The topological polar surface area (TPSA) is 112 Å². The number of thiazole rings is 1. The van der Waals surface area contributed by atoms with Gasteiger partial charge in [-0.2, -0.15) is 0 Å². The van der Waals surface area contributed by atoms with E-state index in [0.717, 1.165) is 27.8 Å². The summed E-state index contributed by atoms with van der Waals surface area (Å²) in [5, 5.41) is 5.62. The van der Waals surface area contributed by atoms with Crippen LogP contribution in [0.15, 0.2) is 57.4 Å². The minimum atomic E-state index is -0.441. The summed E-state index contributed by atoms with van der Waals surface area (Å²) in [5.41, 5.74) is 3.76. The van der Waals surface area contributed by atoms with Crippen LogP contribution >= 0.6 is 11.3 Å². The zero-order chi connectivity index (χ0) is 24.2. The van der Waals surface area contributed by atoms with Crippen LogP contribution < -0.4 is 10.9 Å². The van der Waals surface area contributed by atoms with Gasteiger partial charge in [-0.25, -0.2) is 15.0 Å². The number of pyridine rings is 1. The van der Waals surface area contributed by atoms with Gasteiger partial charge in [-0.15, -0.1) is 11.3 Å². The van der Waals surface area contributed by atoms with Gasteiger partial charge in [-0.3, -0.25) is 14.2 Å². The molecule has 1 aromatic carbocycles. The Balaban J connectivity index is 1.50. The highest BCUT2D eigenvalue weighted by molar-refractivity contribution is 7.13. The van der Waals surface area contributed by atoms with Crippen LogP contribution in [0.1, 0.15) is 25.0 Å². The maximum Gasteiger partial charge on any atom is 0.297 e. The molecule has 1 N–H and O–H groups in total. The van der Waals surface area contributed by atoms with E-state index < -0.39 is 5.56 Å². The number of ether oxygens (including phenoxy) is 1. The molecule has 0 unspecified atom stereocenters. The molecule has 0 aliphatic carbocycles. The van der Waals surface area contributed by atoms with Crippen molar-refractivity contribution in [3.63, 3.8) is 0 Å². The molecule has 1 aliphatic heterocycles. The van der Waals surface area contributed by atoms with Crippen LogP contribution in [0, 0.1) is 0 Å². The number of amides is 1. The normalized spacial score (nSPS) is 14.8. The molecule has 0 spiro atoms. The predicted molar refractivity (Wildman–Crippen MR) is 132 cm³/mol. The van der Waals surface area contributed by atoms with E-state index >= 15 is 0 Å². The van der Waals surface area contributed by atoms with Crippen molar-refractivity contribution < 1.29 is 13.9 Å². The molecule has 5 aromatic rings. The number of nitrogens with one attached hydrogen (secondary N) is 1. The second-order valence-electron chi connectivity index (χ2n) is 9.03. The van der Waals surface area contributed by atoms with Gasteiger partial charge < -0.3 is 14.5 Å². The van der Waals surface area contributed by atoms with Gasteiger partial charge in [0.1, 0.15) is 12.1 Å². The summed E-state index contributed by atoms with van der Waals surface area (Å²) in [4.78, 5) is 39.1. The van der Waals surface area contributed by atoms with E-state index in [-0.39, 0.29) is 23.6 Å². The lowest BCUT2D eigenvalue weighted by atomic mass is 9.88. The van der Waals surface area contributed by atoms with E-state index in [9.17, 15) is 9.59 Å². The quantitative estimate of drug-likeness (QED) is 0.405. The number of furan rings is 1. The molecule has 0 saturated carbocycles. The van der Waals surface area contributed by atoms with E-state index in [4.69, 9.17) is 14.1 Å². The van der Waals surface area contributed by atoms with Crippen LogP contribution in [0.2, 0.25) is 0 Å². The zero-order valence-electron chi connectivity index (χ0n) is 19.1. The van der Waals surface area contributed by atoms with E-state index in [1.807, 2.05) is 44.2 Å². The number of hydrogen-bond donors (Lipinski definition) is 1. The van der Waals surface area contributed by atoms with Gasteiger partial charge in [0.2, 0.25) is 17.2 Å². The minimum Gasteiger partial charge on any atom is -0.430 e. The predicted octanol–water partition coefficient (Wildman–Crippen LogP) is 4.15. The lowest BCUT2D eigenvalue weighted by Gasteiger charge is -2.33. The molecule has 0 fully saturated rings. The molecule has 9 nitrogen and oxygen atoms in total. The van der Waals surface area contributed by atoms with E-state index in [0.29, 0.717) is 29.4 Å². The molecular formula is C25H21N5O4S. The third-order valence-corrected chi connectivity index (χ3v) is 6.75. The Morgan fingerprint density at radius 1 is 1.20 bits per heavy atom. The SMILES string of the molecule is CC1(C)Cc2c(c(-c3ccccc3)nc3oc4c(=O)n(CC(=O)Nc5nccs5)cnc4c23)CO1. The van der Waals surface area contributed by atoms with Crippen molar-refractivity contribution in [1.29, 1.82) is 0 Å². The number of carbonyl (C=O) groups excluding carboxylic acids is 1. The highest BCUT2D eigenvalue weighted by Crippen LogP contribution is 2.40. The molecule has 5 heterocycles. The van der Waals surface area contributed by atoms with Crippen LogP contribution in [-0.4, -0.2) is 31.0 Å². The molecule has 0 atom stereocenters. The summed E-state index contributed by atoms with van der Waals surface area (Å²) >= 11 is 1.30. The summed E-state index contributed by atoms with van der Waals surface area (Å²) in [5.74, 6) is -0.375. The van der Waals surface area contributed by atoms with Gasteiger partial charge in [0.15, 0.2) is 5.13 Å². The van der Waals surface area contributed by atoms with Crippen LogP contribution in [0.5, 0.6) is 0 Å². The Hall–Kier alpha value is -3.89. The number of benzene rings is 1. The Morgan fingerprint density at radius 2 is 2.03 bits per heavy atom. The first-order valence-electron chi connectivity index (χ1n) is 11.1.